The van der Waals surface area contributed by atoms with Crippen molar-refractivity contribution in [3.8, 4) is 0 Å². The highest BCUT2D eigenvalue weighted by Gasteiger charge is 2.14. The summed E-state index contributed by atoms with van der Waals surface area (Å²) in [6, 6.07) is 0.606. The number of amidine groups is 1. The molecule has 0 amide bonds. The van der Waals surface area contributed by atoms with Crippen LogP contribution < -0.4 is 5.32 Å². The zero-order chi connectivity index (χ0) is 8.81. The fourth-order valence-electron chi connectivity index (χ4n) is 0.979. The summed E-state index contributed by atoms with van der Waals surface area (Å²) in [6.45, 7) is 3.17. The van der Waals surface area contributed by atoms with Crippen molar-refractivity contribution in [2.45, 2.75) is 19.4 Å². The van der Waals surface area contributed by atoms with Crippen molar-refractivity contribution in [3.63, 3.8) is 0 Å². The minimum atomic E-state index is 0.606. The Morgan fingerprint density at radius 1 is 1.75 bits per heavy atom. The number of rotatable bonds is 4. The van der Waals surface area contributed by atoms with Crippen molar-refractivity contribution in [2.24, 2.45) is 4.99 Å². The Kier molecular flexibility index (Phi) is 4.92. The predicted molar refractivity (Wildman–Crippen MR) is 60.4 cm³/mol. The molecule has 1 unspecified atom stereocenters. The van der Waals surface area contributed by atoms with Crippen molar-refractivity contribution in [1.29, 1.82) is 0 Å². The number of hydrogen-bond donors (Lipinski definition) is 1. The van der Waals surface area contributed by atoms with E-state index in [0.29, 0.717) is 6.04 Å². The van der Waals surface area contributed by atoms with Crippen LogP contribution in [0.25, 0.3) is 0 Å². The van der Waals surface area contributed by atoms with Crippen LogP contribution in [-0.4, -0.2) is 35.5 Å². The van der Waals surface area contributed by atoms with Gasteiger partial charge in [-0.25, -0.2) is 0 Å². The van der Waals surface area contributed by atoms with Gasteiger partial charge in [-0.05, 0) is 25.4 Å². The van der Waals surface area contributed by atoms with E-state index in [2.05, 4.69) is 23.5 Å². The molecule has 0 radical (unpaired) electrons. The highest BCUT2D eigenvalue weighted by molar-refractivity contribution is 8.14. The fourth-order valence-corrected chi connectivity index (χ4v) is 2.35. The van der Waals surface area contributed by atoms with Crippen LogP contribution in [-0.2, 0) is 0 Å². The molecule has 1 rings (SSSR count). The van der Waals surface area contributed by atoms with E-state index in [1.165, 1.54) is 17.9 Å². The molecule has 1 saturated heterocycles. The van der Waals surface area contributed by atoms with Crippen LogP contribution in [0.15, 0.2) is 4.99 Å². The van der Waals surface area contributed by atoms with E-state index in [9.17, 15) is 0 Å². The normalized spacial score (nSPS) is 26.2. The molecule has 0 aromatic carbocycles. The molecule has 1 atom stereocenters. The van der Waals surface area contributed by atoms with E-state index in [-0.39, 0.29) is 0 Å². The van der Waals surface area contributed by atoms with Gasteiger partial charge >= 0.3 is 0 Å². The third-order valence-electron chi connectivity index (χ3n) is 1.60. The van der Waals surface area contributed by atoms with Crippen molar-refractivity contribution < 1.29 is 0 Å². The number of aliphatic imine (C=N–C) groups is 1. The summed E-state index contributed by atoms with van der Waals surface area (Å²) in [5.41, 5.74) is 0. The van der Waals surface area contributed by atoms with E-state index >= 15 is 0 Å². The van der Waals surface area contributed by atoms with E-state index in [0.717, 1.165) is 11.7 Å². The summed E-state index contributed by atoms with van der Waals surface area (Å²) >= 11 is 3.73. The molecule has 0 bridgehead atoms. The van der Waals surface area contributed by atoms with Gasteiger partial charge in [-0.15, -0.1) is 0 Å². The molecular formula is C8H16N2S2. The second-order valence-electron chi connectivity index (χ2n) is 2.89. The summed E-state index contributed by atoms with van der Waals surface area (Å²) in [7, 11) is 0. The molecule has 1 N–H and O–H groups in total. The molecular weight excluding hydrogens is 188 g/mol. The number of nitrogens with zero attached hydrogens (tertiary/aromatic N) is 1. The second-order valence-corrected chi connectivity index (χ2v) is 4.88. The first-order valence-corrected chi connectivity index (χ1v) is 6.63. The van der Waals surface area contributed by atoms with Gasteiger partial charge in [0, 0.05) is 18.3 Å². The first-order chi connectivity index (χ1) is 5.83. The lowest BCUT2D eigenvalue weighted by atomic mass is 10.4. The van der Waals surface area contributed by atoms with Crippen LogP contribution in [0.5, 0.6) is 0 Å². The highest BCUT2D eigenvalue weighted by Crippen LogP contribution is 2.12. The zero-order valence-corrected chi connectivity index (χ0v) is 9.30. The van der Waals surface area contributed by atoms with Gasteiger partial charge in [-0.2, -0.15) is 11.8 Å². The van der Waals surface area contributed by atoms with Crippen LogP contribution in [0.4, 0.5) is 0 Å². The Morgan fingerprint density at radius 2 is 2.58 bits per heavy atom. The monoisotopic (exact) mass is 204 g/mol. The maximum absolute atomic E-state index is 4.47. The first kappa shape index (κ1) is 10.3. The topological polar surface area (TPSA) is 24.4 Å². The highest BCUT2D eigenvalue weighted by atomic mass is 32.2. The van der Waals surface area contributed by atoms with Crippen molar-refractivity contribution in [3.05, 3.63) is 0 Å². The predicted octanol–water partition coefficient (Wildman–Crippen LogP) is 1.82. The van der Waals surface area contributed by atoms with E-state index < -0.39 is 0 Å². The largest absolute Gasteiger partial charge is 0.362 e. The molecule has 1 fully saturated rings. The molecule has 0 aromatic rings. The Labute approximate surface area is 83.0 Å². The van der Waals surface area contributed by atoms with E-state index in [4.69, 9.17) is 0 Å². The Bertz CT molecular complexity index is 159. The number of thioether (sulfide) groups is 2. The summed E-state index contributed by atoms with van der Waals surface area (Å²) in [5.74, 6) is 2.39. The number of nitrogens with one attached hydrogen (secondary N) is 1. The zero-order valence-electron chi connectivity index (χ0n) is 7.67. The van der Waals surface area contributed by atoms with Gasteiger partial charge in [0.1, 0.15) is 0 Å². The Balaban J connectivity index is 2.11. The Hall–Kier alpha value is 0.170. The van der Waals surface area contributed by atoms with Crippen LogP contribution in [0, 0.1) is 0 Å². The number of hydrogen-bond acceptors (Lipinski definition) is 3. The molecule has 0 spiro atoms. The standard InChI is InChI=1S/C8H16N2S2/c1-7-6-12-8(10-7)9-4-3-5-11-2/h7H,3-6H2,1-2H3,(H,9,10). The minimum Gasteiger partial charge on any atom is -0.362 e. The molecule has 4 heteroatoms. The van der Waals surface area contributed by atoms with E-state index in [1.54, 1.807) is 0 Å². The van der Waals surface area contributed by atoms with Crippen molar-refractivity contribution in [1.82, 2.24) is 5.32 Å². The summed E-state index contributed by atoms with van der Waals surface area (Å²) < 4.78 is 0. The molecule has 70 valence electrons. The van der Waals surface area contributed by atoms with Crippen LogP contribution in [0.2, 0.25) is 0 Å². The maximum Gasteiger partial charge on any atom is 0.156 e. The van der Waals surface area contributed by atoms with Gasteiger partial charge in [-0.1, -0.05) is 11.8 Å². The van der Waals surface area contributed by atoms with Crippen LogP contribution >= 0.6 is 23.5 Å². The molecule has 0 saturated carbocycles. The maximum atomic E-state index is 4.47. The fraction of sp³-hybridized carbons (Fsp3) is 0.875. The van der Waals surface area contributed by atoms with Crippen molar-refractivity contribution in [2.75, 3.05) is 24.3 Å². The van der Waals surface area contributed by atoms with Gasteiger partial charge < -0.3 is 5.32 Å². The molecule has 1 heterocycles. The summed E-state index contributed by atoms with van der Waals surface area (Å²) in [6.07, 6.45) is 3.33. The molecule has 0 aromatic heterocycles. The SMILES string of the molecule is CSCCCN=C1NC(C)CS1. The van der Waals surface area contributed by atoms with E-state index in [1.807, 2.05) is 23.5 Å². The third-order valence-corrected chi connectivity index (χ3v) is 3.49. The van der Waals surface area contributed by atoms with Crippen LogP contribution in [0.3, 0.4) is 0 Å². The van der Waals surface area contributed by atoms with Gasteiger partial charge in [0.05, 0.1) is 0 Å². The quantitative estimate of drug-likeness (QED) is 0.707. The van der Waals surface area contributed by atoms with Gasteiger partial charge in [0.15, 0.2) is 5.17 Å². The second kappa shape index (κ2) is 5.75. The molecule has 12 heavy (non-hydrogen) atoms. The van der Waals surface area contributed by atoms with Gasteiger partial charge in [0.2, 0.25) is 0 Å². The molecule has 2 nitrogen and oxygen atoms in total. The summed E-state index contributed by atoms with van der Waals surface area (Å²) in [5, 5.41) is 4.48. The van der Waals surface area contributed by atoms with Gasteiger partial charge in [0.25, 0.3) is 0 Å². The lowest BCUT2D eigenvalue weighted by molar-refractivity contribution is 0.763. The average molecular weight is 204 g/mol. The summed E-state index contributed by atoms with van der Waals surface area (Å²) in [4.78, 5) is 4.47. The molecule has 1 aliphatic rings. The van der Waals surface area contributed by atoms with Crippen molar-refractivity contribution >= 4 is 28.7 Å². The first-order valence-electron chi connectivity index (χ1n) is 4.25. The molecule has 1 aliphatic heterocycles. The Morgan fingerprint density at radius 3 is 3.17 bits per heavy atom. The molecule has 0 aliphatic carbocycles. The lowest BCUT2D eigenvalue weighted by Crippen LogP contribution is -2.23. The lowest BCUT2D eigenvalue weighted by Gasteiger charge is -2.00. The third kappa shape index (κ3) is 3.72. The minimum absolute atomic E-state index is 0.606. The van der Waals surface area contributed by atoms with Crippen LogP contribution in [0.1, 0.15) is 13.3 Å². The average Bonchev–Trinajstić information content (AvgIpc) is 2.45. The van der Waals surface area contributed by atoms with Gasteiger partial charge in [-0.3, -0.25) is 4.99 Å². The smallest absolute Gasteiger partial charge is 0.156 e.